The van der Waals surface area contributed by atoms with Crippen LogP contribution in [0.25, 0.3) is 11.3 Å². The quantitative estimate of drug-likeness (QED) is 0.820. The van der Waals surface area contributed by atoms with Gasteiger partial charge in [0.2, 0.25) is 0 Å². The number of nitrogens with zero attached hydrogens (tertiary/aromatic N) is 1. The zero-order chi connectivity index (χ0) is 12.3. The summed E-state index contributed by atoms with van der Waals surface area (Å²) in [7, 11) is 0. The van der Waals surface area contributed by atoms with E-state index in [0.717, 1.165) is 0 Å². The maximum atomic E-state index is 10.7. The van der Waals surface area contributed by atoms with E-state index in [2.05, 4.69) is 5.16 Å². The minimum absolute atomic E-state index is 0.00389. The summed E-state index contributed by atoms with van der Waals surface area (Å²) in [6.07, 6.45) is 1.91. The van der Waals surface area contributed by atoms with Gasteiger partial charge in [0.25, 0.3) is 0 Å². The van der Waals surface area contributed by atoms with Crippen molar-refractivity contribution in [3.63, 3.8) is 0 Å². The van der Waals surface area contributed by atoms with E-state index in [1.807, 2.05) is 6.92 Å². The Morgan fingerprint density at radius 3 is 3.00 bits per heavy atom. The van der Waals surface area contributed by atoms with Crippen LogP contribution in [0.5, 0.6) is 11.5 Å². The van der Waals surface area contributed by atoms with Crippen molar-refractivity contribution in [2.24, 2.45) is 0 Å². The van der Waals surface area contributed by atoms with Crippen LogP contribution >= 0.6 is 0 Å². The number of rotatable bonds is 4. The fourth-order valence-electron chi connectivity index (χ4n) is 1.49. The molecule has 0 aliphatic carbocycles. The molecule has 2 rings (SSSR count). The number of carbonyl (C=O) groups excluding carboxylic acids is 1. The molecule has 2 aromatic rings. The molecule has 1 aromatic carbocycles. The normalized spacial score (nSPS) is 10.2. The highest BCUT2D eigenvalue weighted by molar-refractivity contribution is 5.85. The van der Waals surface area contributed by atoms with Gasteiger partial charge >= 0.3 is 0 Å². The molecule has 0 bridgehead atoms. The van der Waals surface area contributed by atoms with Crippen molar-refractivity contribution >= 4 is 6.29 Å². The van der Waals surface area contributed by atoms with Crippen molar-refractivity contribution in [3.8, 4) is 22.8 Å². The average molecular weight is 233 g/mol. The van der Waals surface area contributed by atoms with Gasteiger partial charge in [-0.3, -0.25) is 4.79 Å². The molecule has 17 heavy (non-hydrogen) atoms. The molecular formula is C12H11NO4. The molecule has 1 N–H and O–H groups in total. The molecule has 88 valence electrons. The first-order chi connectivity index (χ1) is 8.26. The molecule has 0 radical (unpaired) electrons. The SMILES string of the molecule is CCOc1ccc(-c2nocc2C=O)cc1O. The summed E-state index contributed by atoms with van der Waals surface area (Å²) in [4.78, 5) is 10.7. The summed E-state index contributed by atoms with van der Waals surface area (Å²) in [5, 5.41) is 13.4. The number of ether oxygens (including phenoxy) is 1. The van der Waals surface area contributed by atoms with Gasteiger partial charge < -0.3 is 14.4 Å². The predicted molar refractivity (Wildman–Crippen MR) is 60.2 cm³/mol. The Morgan fingerprint density at radius 2 is 2.35 bits per heavy atom. The summed E-state index contributed by atoms with van der Waals surface area (Å²) in [6, 6.07) is 4.81. The molecule has 1 heterocycles. The van der Waals surface area contributed by atoms with E-state index < -0.39 is 0 Å². The maximum Gasteiger partial charge on any atom is 0.160 e. The standard InChI is InChI=1S/C12H11NO4/c1-2-16-11-4-3-8(5-10(11)15)12-9(6-14)7-17-13-12/h3-7,15H,2H2,1H3. The highest BCUT2D eigenvalue weighted by atomic mass is 16.5. The number of hydrogen-bond acceptors (Lipinski definition) is 5. The predicted octanol–water partition coefficient (Wildman–Crippen LogP) is 2.26. The van der Waals surface area contributed by atoms with E-state index >= 15 is 0 Å². The number of aromatic nitrogens is 1. The lowest BCUT2D eigenvalue weighted by atomic mass is 10.1. The van der Waals surface area contributed by atoms with Crippen molar-refractivity contribution in [2.75, 3.05) is 6.61 Å². The van der Waals surface area contributed by atoms with Crippen LogP contribution in [0.1, 0.15) is 17.3 Å². The fraction of sp³-hybridized carbons (Fsp3) is 0.167. The van der Waals surface area contributed by atoms with Gasteiger partial charge in [-0.2, -0.15) is 0 Å². The van der Waals surface area contributed by atoms with Gasteiger partial charge in [0.15, 0.2) is 17.8 Å². The van der Waals surface area contributed by atoms with Crippen LogP contribution in [-0.4, -0.2) is 23.2 Å². The van der Waals surface area contributed by atoms with Gasteiger partial charge in [-0.15, -0.1) is 0 Å². The van der Waals surface area contributed by atoms with Crippen LogP contribution in [0.3, 0.4) is 0 Å². The van der Waals surface area contributed by atoms with Gasteiger partial charge in [-0.05, 0) is 25.1 Å². The van der Waals surface area contributed by atoms with E-state index in [1.54, 1.807) is 12.1 Å². The second kappa shape index (κ2) is 4.69. The third kappa shape index (κ3) is 2.13. The Hall–Kier alpha value is -2.30. The van der Waals surface area contributed by atoms with Crippen LogP contribution in [0.2, 0.25) is 0 Å². The van der Waals surface area contributed by atoms with Gasteiger partial charge in [-0.25, -0.2) is 0 Å². The Balaban J connectivity index is 2.41. The third-order valence-corrected chi connectivity index (χ3v) is 2.26. The number of hydrogen-bond donors (Lipinski definition) is 1. The summed E-state index contributed by atoms with van der Waals surface area (Å²) < 4.78 is 9.92. The third-order valence-electron chi connectivity index (χ3n) is 2.26. The Labute approximate surface area is 97.6 Å². The number of phenolic OH excluding ortho intramolecular Hbond substituents is 1. The molecular weight excluding hydrogens is 222 g/mol. The van der Waals surface area contributed by atoms with Gasteiger partial charge in [0.1, 0.15) is 12.0 Å². The molecule has 0 aliphatic rings. The number of carbonyl (C=O) groups is 1. The largest absolute Gasteiger partial charge is 0.504 e. The second-order valence-electron chi connectivity index (χ2n) is 3.35. The molecule has 0 saturated heterocycles. The number of benzene rings is 1. The summed E-state index contributed by atoms with van der Waals surface area (Å²) in [5.41, 5.74) is 1.34. The smallest absolute Gasteiger partial charge is 0.160 e. The lowest BCUT2D eigenvalue weighted by Crippen LogP contribution is -1.92. The van der Waals surface area contributed by atoms with Gasteiger partial charge in [0.05, 0.1) is 12.2 Å². The first-order valence-electron chi connectivity index (χ1n) is 5.12. The van der Waals surface area contributed by atoms with Crippen LogP contribution in [0.4, 0.5) is 0 Å². The van der Waals surface area contributed by atoms with Crippen LogP contribution < -0.4 is 4.74 Å². The molecule has 0 aliphatic heterocycles. The van der Waals surface area contributed by atoms with E-state index in [-0.39, 0.29) is 5.75 Å². The first kappa shape index (κ1) is 11.2. The lowest BCUT2D eigenvalue weighted by molar-refractivity contribution is 0.112. The van der Waals surface area contributed by atoms with Crippen LogP contribution in [0, 0.1) is 0 Å². The first-order valence-corrected chi connectivity index (χ1v) is 5.12. The monoisotopic (exact) mass is 233 g/mol. The van der Waals surface area contributed by atoms with Crippen molar-refractivity contribution in [3.05, 3.63) is 30.0 Å². The van der Waals surface area contributed by atoms with Crippen molar-refractivity contribution in [2.45, 2.75) is 6.92 Å². The number of phenols is 1. The maximum absolute atomic E-state index is 10.7. The molecule has 5 nitrogen and oxygen atoms in total. The lowest BCUT2D eigenvalue weighted by Gasteiger charge is -2.06. The van der Waals surface area contributed by atoms with Crippen LogP contribution in [0.15, 0.2) is 29.0 Å². The summed E-state index contributed by atoms with van der Waals surface area (Å²) in [6.45, 7) is 2.30. The second-order valence-corrected chi connectivity index (χ2v) is 3.35. The van der Waals surface area contributed by atoms with E-state index in [0.29, 0.717) is 35.5 Å². The Morgan fingerprint density at radius 1 is 1.53 bits per heavy atom. The molecule has 5 heteroatoms. The van der Waals surface area contributed by atoms with E-state index in [1.165, 1.54) is 12.3 Å². The topological polar surface area (TPSA) is 72.6 Å². The molecule has 1 aromatic heterocycles. The van der Waals surface area contributed by atoms with Crippen molar-refractivity contribution < 1.29 is 19.2 Å². The molecule has 0 saturated carbocycles. The molecule has 0 unspecified atom stereocenters. The zero-order valence-electron chi connectivity index (χ0n) is 9.21. The number of aromatic hydroxyl groups is 1. The minimum Gasteiger partial charge on any atom is -0.504 e. The van der Waals surface area contributed by atoms with Crippen molar-refractivity contribution in [1.29, 1.82) is 0 Å². The Bertz CT molecular complexity index is 533. The summed E-state index contributed by atoms with van der Waals surface area (Å²) in [5.74, 6) is 0.400. The molecule has 0 fully saturated rings. The van der Waals surface area contributed by atoms with E-state index in [9.17, 15) is 9.90 Å². The van der Waals surface area contributed by atoms with Gasteiger partial charge in [-0.1, -0.05) is 5.16 Å². The molecule has 0 atom stereocenters. The van der Waals surface area contributed by atoms with Crippen LogP contribution in [-0.2, 0) is 0 Å². The summed E-state index contributed by atoms with van der Waals surface area (Å²) >= 11 is 0. The highest BCUT2D eigenvalue weighted by Crippen LogP contribution is 2.31. The molecule has 0 amide bonds. The molecule has 0 spiro atoms. The Kier molecular flexibility index (Phi) is 3.09. The minimum atomic E-state index is 0.00389. The fourth-order valence-corrected chi connectivity index (χ4v) is 1.49. The van der Waals surface area contributed by atoms with Gasteiger partial charge in [0, 0.05) is 5.56 Å². The average Bonchev–Trinajstić information content (AvgIpc) is 2.80. The number of aldehydes is 1. The zero-order valence-corrected chi connectivity index (χ0v) is 9.21. The highest BCUT2D eigenvalue weighted by Gasteiger charge is 2.12. The van der Waals surface area contributed by atoms with Crippen molar-refractivity contribution in [1.82, 2.24) is 5.16 Å². The van der Waals surface area contributed by atoms with E-state index in [4.69, 9.17) is 9.26 Å².